The number of rotatable bonds is 4. The highest BCUT2D eigenvalue weighted by Crippen LogP contribution is 2.22. The van der Waals surface area contributed by atoms with E-state index in [1.807, 2.05) is 18.2 Å². The highest BCUT2D eigenvalue weighted by atomic mass is 16.2. The number of nitrogens with zero attached hydrogens (tertiary/aromatic N) is 1. The van der Waals surface area contributed by atoms with Gasteiger partial charge in [-0.15, -0.1) is 0 Å². The van der Waals surface area contributed by atoms with Gasteiger partial charge in [-0.2, -0.15) is 0 Å². The Morgan fingerprint density at radius 2 is 1.71 bits per heavy atom. The number of para-hydroxylation sites is 1. The fourth-order valence-electron chi connectivity index (χ4n) is 1.75. The molecule has 2 amide bonds. The number of nitrogens with one attached hydrogen (secondary N) is 2. The van der Waals surface area contributed by atoms with E-state index in [4.69, 9.17) is 0 Å². The first kappa shape index (κ1) is 13.5. The third kappa shape index (κ3) is 3.75. The Morgan fingerprint density at radius 3 is 2.12 bits per heavy atom. The van der Waals surface area contributed by atoms with Crippen molar-refractivity contribution < 1.29 is 4.79 Å². The van der Waals surface area contributed by atoms with E-state index < -0.39 is 0 Å². The van der Waals surface area contributed by atoms with Gasteiger partial charge in [0.15, 0.2) is 0 Å². The van der Waals surface area contributed by atoms with Crippen LogP contribution in [0, 0.1) is 0 Å². The fourth-order valence-corrected chi connectivity index (χ4v) is 1.75. The molecule has 0 fully saturated rings. The molecule has 1 aromatic rings. The van der Waals surface area contributed by atoms with Crippen LogP contribution in [0.2, 0.25) is 0 Å². The molecule has 0 aliphatic carbocycles. The van der Waals surface area contributed by atoms with Crippen LogP contribution in [0.15, 0.2) is 18.2 Å². The first-order chi connectivity index (χ1) is 8.08. The Morgan fingerprint density at radius 1 is 1.18 bits per heavy atom. The van der Waals surface area contributed by atoms with Gasteiger partial charge in [0.1, 0.15) is 0 Å². The molecular formula is C13H21N3O. The van der Waals surface area contributed by atoms with Gasteiger partial charge >= 0.3 is 6.03 Å². The number of hydrogen-bond donors (Lipinski definition) is 2. The standard InChI is InChI=1S/C13H21N3O/c1-5-10-8-7-9-11(6-2)12(10)14-13(17)15-16(3)4/h7-9H,5-6H2,1-4H3,(H2,14,15,17). The SMILES string of the molecule is CCc1cccc(CC)c1NC(=O)NN(C)C. The molecule has 0 saturated carbocycles. The van der Waals surface area contributed by atoms with Crippen LogP contribution < -0.4 is 10.7 Å². The average Bonchev–Trinajstić information content (AvgIpc) is 2.28. The van der Waals surface area contributed by atoms with Crippen molar-refractivity contribution in [3.8, 4) is 0 Å². The van der Waals surface area contributed by atoms with E-state index >= 15 is 0 Å². The van der Waals surface area contributed by atoms with Crippen molar-refractivity contribution in [2.75, 3.05) is 19.4 Å². The van der Waals surface area contributed by atoms with Crippen LogP contribution in [0.4, 0.5) is 10.5 Å². The van der Waals surface area contributed by atoms with Crippen molar-refractivity contribution in [3.05, 3.63) is 29.3 Å². The topological polar surface area (TPSA) is 44.4 Å². The summed E-state index contributed by atoms with van der Waals surface area (Å²) in [5.41, 5.74) is 5.95. The maximum Gasteiger partial charge on any atom is 0.333 e. The number of amides is 2. The monoisotopic (exact) mass is 235 g/mol. The van der Waals surface area contributed by atoms with Crippen LogP contribution in [0.1, 0.15) is 25.0 Å². The molecule has 0 spiro atoms. The molecule has 17 heavy (non-hydrogen) atoms. The minimum atomic E-state index is -0.203. The summed E-state index contributed by atoms with van der Waals surface area (Å²) < 4.78 is 0. The predicted octanol–water partition coefficient (Wildman–Crippen LogP) is 2.41. The van der Waals surface area contributed by atoms with E-state index in [0.29, 0.717) is 0 Å². The van der Waals surface area contributed by atoms with Gasteiger partial charge in [0.2, 0.25) is 0 Å². The number of benzene rings is 1. The lowest BCUT2D eigenvalue weighted by molar-refractivity contribution is 0.224. The van der Waals surface area contributed by atoms with Gasteiger partial charge in [-0.3, -0.25) is 5.43 Å². The van der Waals surface area contributed by atoms with Gasteiger partial charge in [-0.1, -0.05) is 32.0 Å². The quantitative estimate of drug-likeness (QED) is 0.787. The van der Waals surface area contributed by atoms with E-state index in [-0.39, 0.29) is 6.03 Å². The summed E-state index contributed by atoms with van der Waals surface area (Å²) in [6, 6.07) is 5.92. The highest BCUT2D eigenvalue weighted by Gasteiger charge is 2.09. The van der Waals surface area contributed by atoms with Crippen LogP contribution in [-0.2, 0) is 12.8 Å². The van der Waals surface area contributed by atoms with Gasteiger partial charge in [0.25, 0.3) is 0 Å². The first-order valence-corrected chi connectivity index (χ1v) is 5.94. The molecule has 0 aromatic heterocycles. The lowest BCUT2D eigenvalue weighted by Gasteiger charge is -2.17. The van der Waals surface area contributed by atoms with Gasteiger partial charge < -0.3 is 5.32 Å². The second-order valence-electron chi connectivity index (χ2n) is 4.12. The van der Waals surface area contributed by atoms with Gasteiger partial charge in [0.05, 0.1) is 0 Å². The van der Waals surface area contributed by atoms with Crippen molar-refractivity contribution in [2.45, 2.75) is 26.7 Å². The summed E-state index contributed by atoms with van der Waals surface area (Å²) in [6.07, 6.45) is 1.82. The highest BCUT2D eigenvalue weighted by molar-refractivity contribution is 5.90. The lowest BCUT2D eigenvalue weighted by atomic mass is 10.0. The van der Waals surface area contributed by atoms with E-state index in [1.165, 1.54) is 11.1 Å². The zero-order chi connectivity index (χ0) is 12.8. The van der Waals surface area contributed by atoms with Crippen LogP contribution in [0.5, 0.6) is 0 Å². The maximum atomic E-state index is 11.7. The Labute approximate surface area is 103 Å². The second kappa shape index (κ2) is 6.25. The van der Waals surface area contributed by atoms with E-state index in [0.717, 1.165) is 18.5 Å². The van der Waals surface area contributed by atoms with Gasteiger partial charge in [-0.25, -0.2) is 9.80 Å². The van der Waals surface area contributed by atoms with Crippen LogP contribution in [0.25, 0.3) is 0 Å². The number of hydrogen-bond acceptors (Lipinski definition) is 2. The number of aryl methyl sites for hydroxylation is 2. The van der Waals surface area contributed by atoms with E-state index in [9.17, 15) is 4.79 Å². The Kier molecular flexibility index (Phi) is 4.97. The minimum absolute atomic E-state index is 0.203. The van der Waals surface area contributed by atoms with E-state index in [2.05, 4.69) is 24.6 Å². The molecule has 2 N–H and O–H groups in total. The van der Waals surface area contributed by atoms with Crippen LogP contribution >= 0.6 is 0 Å². The minimum Gasteiger partial charge on any atom is -0.306 e. The Hall–Kier alpha value is -1.55. The summed E-state index contributed by atoms with van der Waals surface area (Å²) >= 11 is 0. The normalized spacial score (nSPS) is 10.4. The summed E-state index contributed by atoms with van der Waals surface area (Å²) in [5, 5.41) is 4.54. The number of carbonyl (C=O) groups is 1. The lowest BCUT2D eigenvalue weighted by Crippen LogP contribution is -2.39. The molecule has 0 saturated heterocycles. The van der Waals surface area contributed by atoms with Crippen molar-refractivity contribution >= 4 is 11.7 Å². The zero-order valence-corrected chi connectivity index (χ0v) is 11.0. The third-order valence-corrected chi connectivity index (χ3v) is 2.56. The smallest absolute Gasteiger partial charge is 0.306 e. The van der Waals surface area contributed by atoms with Crippen LogP contribution in [-0.4, -0.2) is 25.1 Å². The number of hydrazine groups is 1. The molecule has 4 heteroatoms. The Bertz CT molecular complexity index is 366. The second-order valence-corrected chi connectivity index (χ2v) is 4.12. The van der Waals surface area contributed by atoms with Crippen molar-refractivity contribution in [1.29, 1.82) is 0 Å². The molecule has 1 rings (SSSR count). The Balaban J connectivity index is 2.91. The summed E-state index contributed by atoms with van der Waals surface area (Å²) in [5.74, 6) is 0. The van der Waals surface area contributed by atoms with Gasteiger partial charge in [0, 0.05) is 19.8 Å². The van der Waals surface area contributed by atoms with Crippen LogP contribution in [0.3, 0.4) is 0 Å². The zero-order valence-electron chi connectivity index (χ0n) is 11.0. The number of carbonyl (C=O) groups excluding carboxylic acids is 1. The molecule has 0 bridgehead atoms. The summed E-state index contributed by atoms with van der Waals surface area (Å²) in [6.45, 7) is 4.17. The third-order valence-electron chi connectivity index (χ3n) is 2.56. The molecule has 0 aliphatic rings. The molecule has 0 aliphatic heterocycles. The molecule has 0 heterocycles. The van der Waals surface area contributed by atoms with Crippen molar-refractivity contribution in [1.82, 2.24) is 10.4 Å². The average molecular weight is 235 g/mol. The molecule has 4 nitrogen and oxygen atoms in total. The molecule has 94 valence electrons. The number of anilines is 1. The molecular weight excluding hydrogens is 214 g/mol. The van der Waals surface area contributed by atoms with Crippen molar-refractivity contribution in [2.24, 2.45) is 0 Å². The molecule has 0 unspecified atom stereocenters. The number of urea groups is 1. The molecule has 1 aromatic carbocycles. The first-order valence-electron chi connectivity index (χ1n) is 5.94. The summed E-state index contributed by atoms with van der Waals surface area (Å²) in [4.78, 5) is 11.7. The fraction of sp³-hybridized carbons (Fsp3) is 0.462. The summed E-state index contributed by atoms with van der Waals surface area (Å²) in [7, 11) is 3.57. The van der Waals surface area contributed by atoms with Crippen molar-refractivity contribution in [3.63, 3.8) is 0 Å². The van der Waals surface area contributed by atoms with E-state index in [1.54, 1.807) is 19.1 Å². The van der Waals surface area contributed by atoms with Gasteiger partial charge in [-0.05, 0) is 24.0 Å². The molecule has 0 radical (unpaired) electrons. The largest absolute Gasteiger partial charge is 0.333 e. The maximum absolute atomic E-state index is 11.7. The molecule has 0 atom stereocenters. The predicted molar refractivity (Wildman–Crippen MR) is 71.0 cm³/mol.